The monoisotopic (exact) mass is 378 g/mol. The van der Waals surface area contributed by atoms with Gasteiger partial charge in [-0.1, -0.05) is 47.6 Å². The van der Waals surface area contributed by atoms with Gasteiger partial charge in [0.2, 0.25) is 0 Å². The maximum atomic E-state index is 6.23. The highest BCUT2D eigenvalue weighted by Gasteiger charge is 2.28. The normalized spacial score (nSPS) is 19.7. The first-order valence-corrected chi connectivity index (χ1v) is 9.19. The Labute approximate surface area is 158 Å². The summed E-state index contributed by atoms with van der Waals surface area (Å²) in [4.78, 5) is 0.771. The fourth-order valence-electron chi connectivity index (χ4n) is 3.49. The van der Waals surface area contributed by atoms with Gasteiger partial charge in [0.05, 0.1) is 15.0 Å². The molecule has 24 heavy (non-hydrogen) atoms. The molecule has 0 amide bonds. The van der Waals surface area contributed by atoms with E-state index in [4.69, 9.17) is 35.4 Å². The molecular formula is C19H20Cl2N2S. The van der Waals surface area contributed by atoms with Crippen LogP contribution in [0.1, 0.15) is 48.4 Å². The first kappa shape index (κ1) is 17.7. The Kier molecular flexibility index (Phi) is 5.46. The molecule has 126 valence electrons. The Morgan fingerprint density at radius 1 is 1.04 bits per heavy atom. The second kappa shape index (κ2) is 7.40. The summed E-state index contributed by atoms with van der Waals surface area (Å²) < 4.78 is 0. The van der Waals surface area contributed by atoms with E-state index in [1.165, 1.54) is 16.7 Å². The Morgan fingerprint density at radius 2 is 1.83 bits per heavy atom. The summed E-state index contributed by atoms with van der Waals surface area (Å²) in [5.41, 5.74) is 4.91. The second-order valence-electron chi connectivity index (χ2n) is 6.17. The Hall–Kier alpha value is -1.13. The maximum Gasteiger partial charge on any atom is 0.0765 e. The van der Waals surface area contributed by atoms with Crippen molar-refractivity contribution in [2.45, 2.75) is 31.7 Å². The summed E-state index contributed by atoms with van der Waals surface area (Å²) in [6.45, 7) is 1.89. The smallest absolute Gasteiger partial charge is 0.0765 e. The summed E-state index contributed by atoms with van der Waals surface area (Å²) >= 11 is 17.5. The molecule has 2 nitrogen and oxygen atoms in total. The third-order valence-electron chi connectivity index (χ3n) is 4.60. The van der Waals surface area contributed by atoms with Crippen molar-refractivity contribution >= 4 is 46.1 Å². The van der Waals surface area contributed by atoms with Gasteiger partial charge in [-0.15, -0.1) is 0 Å². The molecule has 1 unspecified atom stereocenters. The van der Waals surface area contributed by atoms with Gasteiger partial charge >= 0.3 is 0 Å². The number of hydrogen-bond donors (Lipinski definition) is 2. The van der Waals surface area contributed by atoms with Crippen LogP contribution in [0, 0.1) is 0 Å². The van der Waals surface area contributed by atoms with Crippen molar-refractivity contribution in [2.24, 2.45) is 0 Å². The quantitative estimate of drug-likeness (QED) is 0.646. The molecule has 0 bridgehead atoms. The fraction of sp³-hybridized carbons (Fsp3) is 0.316. The zero-order valence-electron chi connectivity index (χ0n) is 13.7. The molecule has 0 fully saturated rings. The van der Waals surface area contributed by atoms with Crippen LogP contribution in [0.4, 0.5) is 5.69 Å². The van der Waals surface area contributed by atoms with Gasteiger partial charge in [0, 0.05) is 17.6 Å². The minimum absolute atomic E-state index is 0.335. The number of nitrogens with one attached hydrogen (secondary N) is 2. The lowest BCUT2D eigenvalue weighted by Crippen LogP contribution is -2.24. The van der Waals surface area contributed by atoms with Crippen LogP contribution in [-0.2, 0) is 0 Å². The van der Waals surface area contributed by atoms with E-state index in [-0.39, 0.29) is 0 Å². The summed E-state index contributed by atoms with van der Waals surface area (Å²) in [5.74, 6) is 0.335. The van der Waals surface area contributed by atoms with E-state index in [1.807, 2.05) is 26.1 Å². The number of fused-ring (bicyclic) bond motifs is 1. The molecule has 2 aromatic rings. The average molecular weight is 379 g/mol. The molecule has 0 heterocycles. The molecule has 1 aliphatic carbocycles. The minimum Gasteiger partial charge on any atom is -0.350 e. The highest BCUT2D eigenvalue weighted by molar-refractivity contribution is 7.80. The molecule has 0 aliphatic heterocycles. The number of halogens is 2. The largest absolute Gasteiger partial charge is 0.350 e. The first-order valence-electron chi connectivity index (χ1n) is 8.03. The predicted molar refractivity (Wildman–Crippen MR) is 108 cm³/mol. The van der Waals surface area contributed by atoms with Crippen LogP contribution in [0.5, 0.6) is 0 Å². The van der Waals surface area contributed by atoms with Crippen molar-refractivity contribution in [3.63, 3.8) is 0 Å². The molecule has 1 aliphatic rings. The first-order chi connectivity index (χ1) is 11.5. The molecule has 0 saturated carbocycles. The van der Waals surface area contributed by atoms with Gasteiger partial charge in [0.25, 0.3) is 0 Å². The molecular weight excluding hydrogens is 359 g/mol. The van der Waals surface area contributed by atoms with E-state index < -0.39 is 0 Å². The van der Waals surface area contributed by atoms with Gasteiger partial charge in [-0.2, -0.15) is 0 Å². The number of anilines is 1. The fourth-order valence-corrected chi connectivity index (χ4v) is 3.92. The standard InChI is InChI=1S/C19H20Cl2N2S/c1-11(24)23-13-4-5-15-14(6-8-19(22-2)16(15)10-13)12-3-7-17(20)18(21)9-12/h3-5,7,9-10,14,19,22H,6,8H2,1-2H3,(H,23,24)/t14-,19?/m0/s1. The predicted octanol–water partition coefficient (Wildman–Crippen LogP) is 5.94. The number of rotatable bonds is 3. The summed E-state index contributed by atoms with van der Waals surface area (Å²) in [6, 6.07) is 12.8. The van der Waals surface area contributed by atoms with Crippen molar-refractivity contribution in [1.29, 1.82) is 0 Å². The van der Waals surface area contributed by atoms with E-state index in [0.717, 1.165) is 23.5 Å². The van der Waals surface area contributed by atoms with Crippen LogP contribution in [-0.4, -0.2) is 12.0 Å². The molecule has 2 atom stereocenters. The Balaban J connectivity index is 2.03. The van der Waals surface area contributed by atoms with Gasteiger partial charge in [-0.25, -0.2) is 0 Å². The molecule has 5 heteroatoms. The molecule has 2 aromatic carbocycles. The van der Waals surface area contributed by atoms with Gasteiger partial charge in [-0.3, -0.25) is 0 Å². The minimum atomic E-state index is 0.335. The van der Waals surface area contributed by atoms with Crippen LogP contribution in [0.15, 0.2) is 36.4 Å². The number of thiocarbonyl (C=S) groups is 1. The maximum absolute atomic E-state index is 6.23. The van der Waals surface area contributed by atoms with Crippen LogP contribution in [0.25, 0.3) is 0 Å². The summed E-state index contributed by atoms with van der Waals surface area (Å²) in [6.07, 6.45) is 2.16. The zero-order chi connectivity index (χ0) is 17.3. The van der Waals surface area contributed by atoms with E-state index in [0.29, 0.717) is 22.0 Å². The van der Waals surface area contributed by atoms with Crippen LogP contribution in [0.3, 0.4) is 0 Å². The van der Waals surface area contributed by atoms with Gasteiger partial charge in [0.1, 0.15) is 0 Å². The molecule has 3 rings (SSSR count). The summed E-state index contributed by atoms with van der Waals surface area (Å²) in [7, 11) is 2.01. The summed E-state index contributed by atoms with van der Waals surface area (Å²) in [5, 5.41) is 7.87. The van der Waals surface area contributed by atoms with E-state index in [9.17, 15) is 0 Å². The van der Waals surface area contributed by atoms with E-state index >= 15 is 0 Å². The topological polar surface area (TPSA) is 24.1 Å². The van der Waals surface area contributed by atoms with Crippen LogP contribution < -0.4 is 10.6 Å². The highest BCUT2D eigenvalue weighted by Crippen LogP contribution is 2.43. The van der Waals surface area contributed by atoms with Gasteiger partial charge in [0.15, 0.2) is 0 Å². The number of hydrogen-bond acceptors (Lipinski definition) is 2. The van der Waals surface area contributed by atoms with Crippen molar-refractivity contribution in [2.75, 3.05) is 12.4 Å². The molecule has 2 N–H and O–H groups in total. The van der Waals surface area contributed by atoms with Crippen molar-refractivity contribution in [3.8, 4) is 0 Å². The highest BCUT2D eigenvalue weighted by atomic mass is 35.5. The van der Waals surface area contributed by atoms with Crippen LogP contribution >= 0.6 is 35.4 Å². The number of benzene rings is 2. The van der Waals surface area contributed by atoms with Crippen molar-refractivity contribution < 1.29 is 0 Å². The Bertz CT molecular complexity index is 776. The third kappa shape index (κ3) is 3.60. The lowest BCUT2D eigenvalue weighted by Gasteiger charge is -2.32. The average Bonchev–Trinajstić information content (AvgIpc) is 2.55. The van der Waals surface area contributed by atoms with Gasteiger partial charge < -0.3 is 10.6 Å². The zero-order valence-corrected chi connectivity index (χ0v) is 16.0. The SMILES string of the molecule is CNC1CC[C@@H](c2ccc(Cl)c(Cl)c2)c2ccc(NC(C)=S)cc21. The van der Waals surface area contributed by atoms with Crippen molar-refractivity contribution in [1.82, 2.24) is 5.32 Å². The van der Waals surface area contributed by atoms with E-state index in [2.05, 4.69) is 34.9 Å². The second-order valence-corrected chi connectivity index (χ2v) is 7.60. The third-order valence-corrected chi connectivity index (χ3v) is 5.44. The van der Waals surface area contributed by atoms with Crippen LogP contribution in [0.2, 0.25) is 10.0 Å². The molecule has 0 aromatic heterocycles. The van der Waals surface area contributed by atoms with Gasteiger partial charge in [-0.05, 0) is 67.8 Å². The Morgan fingerprint density at radius 3 is 2.50 bits per heavy atom. The molecule has 0 radical (unpaired) electrons. The van der Waals surface area contributed by atoms with Crippen molar-refractivity contribution in [3.05, 3.63) is 63.1 Å². The lowest BCUT2D eigenvalue weighted by molar-refractivity contribution is 0.471. The lowest BCUT2D eigenvalue weighted by atomic mass is 9.76. The molecule has 0 saturated heterocycles. The van der Waals surface area contributed by atoms with E-state index in [1.54, 1.807) is 0 Å². The molecule has 0 spiro atoms.